The summed E-state index contributed by atoms with van der Waals surface area (Å²) in [5, 5.41) is 28.6. The van der Waals surface area contributed by atoms with Gasteiger partial charge in [-0.2, -0.15) is 0 Å². The molecule has 94 valence electrons. The van der Waals surface area contributed by atoms with Crippen LogP contribution in [0.3, 0.4) is 0 Å². The Morgan fingerprint density at radius 1 is 1.35 bits per heavy atom. The molecule has 1 atom stereocenters. The molecule has 17 heavy (non-hydrogen) atoms. The van der Waals surface area contributed by atoms with Crippen LogP contribution < -0.4 is 10.1 Å². The third kappa shape index (κ3) is 4.29. The van der Waals surface area contributed by atoms with E-state index in [0.29, 0.717) is 5.75 Å². The number of carbonyl (C=O) groups is 1. The molecule has 0 aliphatic heterocycles. The van der Waals surface area contributed by atoms with E-state index < -0.39 is 18.4 Å². The molecule has 0 fully saturated rings. The SMILES string of the molecule is COc1ccc(CC(NC(=O)O)C(O)O)cc1. The second kappa shape index (κ2) is 6.07. The van der Waals surface area contributed by atoms with Gasteiger partial charge in [0.2, 0.25) is 0 Å². The van der Waals surface area contributed by atoms with Crippen molar-refractivity contribution in [3.05, 3.63) is 29.8 Å². The zero-order valence-electron chi connectivity index (χ0n) is 9.33. The van der Waals surface area contributed by atoms with Crippen LogP contribution in [0.5, 0.6) is 5.75 Å². The van der Waals surface area contributed by atoms with Crippen molar-refractivity contribution < 1.29 is 24.9 Å². The number of aliphatic hydroxyl groups is 2. The molecule has 1 unspecified atom stereocenters. The van der Waals surface area contributed by atoms with E-state index in [1.54, 1.807) is 31.4 Å². The van der Waals surface area contributed by atoms with Crippen LogP contribution in [0.25, 0.3) is 0 Å². The van der Waals surface area contributed by atoms with E-state index in [1.165, 1.54) is 0 Å². The molecule has 6 heteroatoms. The van der Waals surface area contributed by atoms with Gasteiger partial charge in [-0.05, 0) is 24.1 Å². The molecule has 0 heterocycles. The number of carboxylic acid groups (broad SMARTS) is 1. The van der Waals surface area contributed by atoms with Crippen LogP contribution in [-0.2, 0) is 6.42 Å². The molecular weight excluding hydrogens is 226 g/mol. The normalized spacial score (nSPS) is 12.2. The van der Waals surface area contributed by atoms with Crippen molar-refractivity contribution in [3.8, 4) is 5.75 Å². The lowest BCUT2D eigenvalue weighted by atomic mass is 10.1. The highest BCUT2D eigenvalue weighted by Gasteiger charge is 2.19. The molecule has 0 aromatic heterocycles. The Labute approximate surface area is 98.5 Å². The molecule has 1 rings (SSSR count). The Morgan fingerprint density at radius 2 is 1.94 bits per heavy atom. The summed E-state index contributed by atoms with van der Waals surface area (Å²) in [5.74, 6) is 0.682. The van der Waals surface area contributed by atoms with Crippen molar-refractivity contribution >= 4 is 6.09 Å². The molecular formula is C11H15NO5. The molecule has 0 saturated carbocycles. The van der Waals surface area contributed by atoms with Gasteiger partial charge in [0.1, 0.15) is 5.75 Å². The molecule has 1 aromatic rings. The monoisotopic (exact) mass is 241 g/mol. The van der Waals surface area contributed by atoms with Gasteiger partial charge >= 0.3 is 6.09 Å². The van der Waals surface area contributed by atoms with Crippen LogP contribution in [0, 0.1) is 0 Å². The average molecular weight is 241 g/mol. The van der Waals surface area contributed by atoms with Gasteiger partial charge in [-0.1, -0.05) is 12.1 Å². The lowest BCUT2D eigenvalue weighted by molar-refractivity contribution is -0.0651. The van der Waals surface area contributed by atoms with Crippen molar-refractivity contribution in [2.45, 2.75) is 18.8 Å². The van der Waals surface area contributed by atoms with Crippen molar-refractivity contribution in [2.75, 3.05) is 7.11 Å². The Balaban J connectivity index is 2.68. The Bertz CT molecular complexity index is 363. The lowest BCUT2D eigenvalue weighted by Crippen LogP contribution is -2.44. The molecule has 4 N–H and O–H groups in total. The first-order valence-electron chi connectivity index (χ1n) is 5.01. The average Bonchev–Trinajstić information content (AvgIpc) is 2.28. The van der Waals surface area contributed by atoms with Crippen LogP contribution in [0.2, 0.25) is 0 Å². The molecule has 0 spiro atoms. The fourth-order valence-electron chi connectivity index (χ4n) is 1.41. The summed E-state index contributed by atoms with van der Waals surface area (Å²) in [4.78, 5) is 10.5. The predicted molar refractivity (Wildman–Crippen MR) is 59.9 cm³/mol. The Morgan fingerprint density at radius 3 is 2.35 bits per heavy atom. The molecule has 0 aliphatic carbocycles. The minimum Gasteiger partial charge on any atom is -0.497 e. The zero-order chi connectivity index (χ0) is 12.8. The molecule has 0 bridgehead atoms. The Hall–Kier alpha value is -1.79. The van der Waals surface area contributed by atoms with E-state index in [2.05, 4.69) is 0 Å². The second-order valence-corrected chi connectivity index (χ2v) is 3.52. The first-order valence-corrected chi connectivity index (χ1v) is 5.01. The van der Waals surface area contributed by atoms with Gasteiger partial charge in [0, 0.05) is 0 Å². The van der Waals surface area contributed by atoms with E-state index in [-0.39, 0.29) is 6.42 Å². The molecule has 0 saturated heterocycles. The summed E-state index contributed by atoms with van der Waals surface area (Å²) in [7, 11) is 1.54. The fraction of sp³-hybridized carbons (Fsp3) is 0.364. The van der Waals surface area contributed by atoms with Crippen molar-refractivity contribution in [1.29, 1.82) is 0 Å². The van der Waals surface area contributed by atoms with Gasteiger partial charge in [0.25, 0.3) is 0 Å². The van der Waals surface area contributed by atoms with Gasteiger partial charge in [-0.25, -0.2) is 4.79 Å². The number of ether oxygens (including phenoxy) is 1. The maximum atomic E-state index is 10.5. The molecule has 0 radical (unpaired) electrons. The lowest BCUT2D eigenvalue weighted by Gasteiger charge is -2.18. The quantitative estimate of drug-likeness (QED) is 0.551. The van der Waals surface area contributed by atoms with Crippen LogP contribution in [0.4, 0.5) is 4.79 Å². The van der Waals surface area contributed by atoms with E-state index in [4.69, 9.17) is 20.1 Å². The Kier molecular flexibility index (Phi) is 4.74. The van der Waals surface area contributed by atoms with Crippen molar-refractivity contribution in [1.82, 2.24) is 5.32 Å². The van der Waals surface area contributed by atoms with Crippen LogP contribution in [-0.4, -0.2) is 40.9 Å². The maximum absolute atomic E-state index is 10.5. The molecule has 6 nitrogen and oxygen atoms in total. The zero-order valence-corrected chi connectivity index (χ0v) is 9.33. The first-order chi connectivity index (χ1) is 8.02. The number of hydrogen-bond acceptors (Lipinski definition) is 4. The number of amides is 1. The fourth-order valence-corrected chi connectivity index (χ4v) is 1.41. The van der Waals surface area contributed by atoms with Crippen LogP contribution in [0.1, 0.15) is 5.56 Å². The van der Waals surface area contributed by atoms with Crippen molar-refractivity contribution in [2.24, 2.45) is 0 Å². The molecule has 1 aromatic carbocycles. The molecule has 1 amide bonds. The predicted octanol–water partition coefficient (Wildman–Crippen LogP) is 0.185. The van der Waals surface area contributed by atoms with Gasteiger partial charge < -0.3 is 25.4 Å². The smallest absolute Gasteiger partial charge is 0.405 e. The number of methoxy groups -OCH3 is 1. The standard InChI is InChI=1S/C11H15NO5/c1-17-8-4-2-7(3-5-8)6-9(10(13)14)12-11(15)16/h2-5,9-10,12-14H,6H2,1H3,(H,15,16). The number of nitrogens with one attached hydrogen (secondary N) is 1. The number of rotatable bonds is 5. The number of benzene rings is 1. The third-order valence-corrected chi connectivity index (χ3v) is 2.28. The summed E-state index contributed by atoms with van der Waals surface area (Å²) < 4.78 is 4.98. The van der Waals surface area contributed by atoms with E-state index >= 15 is 0 Å². The second-order valence-electron chi connectivity index (χ2n) is 3.52. The summed E-state index contributed by atoms with van der Waals surface area (Å²) in [6.45, 7) is 0. The summed E-state index contributed by atoms with van der Waals surface area (Å²) in [6, 6.07) is 5.95. The summed E-state index contributed by atoms with van der Waals surface area (Å²) in [6.07, 6.45) is -2.85. The minimum absolute atomic E-state index is 0.188. The van der Waals surface area contributed by atoms with Crippen LogP contribution in [0.15, 0.2) is 24.3 Å². The topological polar surface area (TPSA) is 99.0 Å². The highest BCUT2D eigenvalue weighted by atomic mass is 16.5. The number of aliphatic hydroxyl groups excluding tert-OH is 1. The van der Waals surface area contributed by atoms with E-state index in [9.17, 15) is 4.79 Å². The van der Waals surface area contributed by atoms with Gasteiger partial charge in [-0.3, -0.25) is 0 Å². The highest BCUT2D eigenvalue weighted by Crippen LogP contribution is 2.13. The third-order valence-electron chi connectivity index (χ3n) is 2.28. The van der Waals surface area contributed by atoms with E-state index in [0.717, 1.165) is 5.56 Å². The van der Waals surface area contributed by atoms with E-state index in [1.807, 2.05) is 5.32 Å². The largest absolute Gasteiger partial charge is 0.497 e. The maximum Gasteiger partial charge on any atom is 0.405 e. The van der Waals surface area contributed by atoms with Gasteiger partial charge in [0.15, 0.2) is 6.29 Å². The minimum atomic E-state index is -1.74. The van der Waals surface area contributed by atoms with Crippen LogP contribution >= 0.6 is 0 Å². The first kappa shape index (κ1) is 13.3. The molecule has 0 aliphatic rings. The van der Waals surface area contributed by atoms with Gasteiger partial charge in [0.05, 0.1) is 13.2 Å². The summed E-state index contributed by atoms with van der Waals surface area (Å²) in [5.41, 5.74) is 0.776. The summed E-state index contributed by atoms with van der Waals surface area (Å²) >= 11 is 0. The number of hydrogen-bond donors (Lipinski definition) is 4. The van der Waals surface area contributed by atoms with Gasteiger partial charge in [-0.15, -0.1) is 0 Å². The highest BCUT2D eigenvalue weighted by molar-refractivity contribution is 5.65. The van der Waals surface area contributed by atoms with Crippen molar-refractivity contribution in [3.63, 3.8) is 0 Å².